The van der Waals surface area contributed by atoms with Crippen LogP contribution in [0, 0.1) is 6.92 Å². The molecule has 25 heavy (non-hydrogen) atoms. The summed E-state index contributed by atoms with van der Waals surface area (Å²) < 4.78 is 9.43. The first-order chi connectivity index (χ1) is 12.1. The van der Waals surface area contributed by atoms with E-state index in [2.05, 4.69) is 15.4 Å². The van der Waals surface area contributed by atoms with E-state index >= 15 is 0 Å². The Morgan fingerprint density at radius 1 is 1.44 bits per heavy atom. The first-order valence-corrected chi connectivity index (χ1v) is 8.48. The summed E-state index contributed by atoms with van der Waals surface area (Å²) in [5.74, 6) is 0.754. The number of carbonyl (C=O) groups is 1. The van der Waals surface area contributed by atoms with Gasteiger partial charge < -0.3 is 14.6 Å². The van der Waals surface area contributed by atoms with Crippen molar-refractivity contribution < 1.29 is 9.53 Å². The van der Waals surface area contributed by atoms with Gasteiger partial charge in [0.1, 0.15) is 5.82 Å². The molecule has 0 spiro atoms. The number of ether oxygens (including phenoxy) is 1. The number of amides is 1. The fourth-order valence-corrected chi connectivity index (χ4v) is 3.19. The van der Waals surface area contributed by atoms with Gasteiger partial charge in [-0.25, -0.2) is 4.98 Å². The maximum absolute atomic E-state index is 12.5. The molecule has 3 aromatic rings. The fraction of sp³-hybridized carbons (Fsp3) is 0.389. The summed E-state index contributed by atoms with van der Waals surface area (Å²) in [6.07, 6.45) is 5.88. The number of carbonyl (C=O) groups excluding carboxylic acids is 1. The van der Waals surface area contributed by atoms with Gasteiger partial charge in [-0.15, -0.1) is 0 Å². The molecule has 7 nitrogen and oxygen atoms in total. The topological polar surface area (TPSA) is 74.0 Å². The van der Waals surface area contributed by atoms with Crippen molar-refractivity contribution in [3.8, 4) is 0 Å². The van der Waals surface area contributed by atoms with Gasteiger partial charge in [-0.2, -0.15) is 5.10 Å². The second-order valence-corrected chi connectivity index (χ2v) is 6.46. The van der Waals surface area contributed by atoms with Gasteiger partial charge in [0.05, 0.1) is 35.6 Å². The van der Waals surface area contributed by atoms with Gasteiger partial charge >= 0.3 is 0 Å². The molecule has 1 aliphatic rings. The third-order valence-electron chi connectivity index (χ3n) is 4.67. The molecule has 1 amide bonds. The molecule has 3 heterocycles. The van der Waals surface area contributed by atoms with Gasteiger partial charge in [-0.3, -0.25) is 9.48 Å². The standard InChI is InChI=1S/C18H21N5O2/c1-12-20-16-8-13(5-6-17(16)22(12)2)18(24)21-14-9-19-23(10-14)11-15-4-3-7-25-15/h5-6,8-10,15H,3-4,7,11H2,1-2H3,(H,21,24)/t15-/m0/s1. The number of rotatable bonds is 4. The van der Waals surface area contributed by atoms with E-state index in [1.165, 1.54) is 0 Å². The molecule has 0 radical (unpaired) electrons. The Bertz CT molecular complexity index is 921. The molecule has 4 rings (SSSR count). The number of benzene rings is 1. The molecule has 1 aliphatic heterocycles. The molecular formula is C18H21N5O2. The Kier molecular flexibility index (Phi) is 4.01. The van der Waals surface area contributed by atoms with Crippen molar-refractivity contribution in [2.75, 3.05) is 11.9 Å². The molecule has 0 unspecified atom stereocenters. The highest BCUT2D eigenvalue weighted by atomic mass is 16.5. The van der Waals surface area contributed by atoms with Crippen LogP contribution in [0.25, 0.3) is 11.0 Å². The molecule has 0 bridgehead atoms. The molecule has 0 saturated carbocycles. The van der Waals surface area contributed by atoms with Crippen LogP contribution in [0.1, 0.15) is 29.0 Å². The second kappa shape index (κ2) is 6.33. The molecule has 1 atom stereocenters. The summed E-state index contributed by atoms with van der Waals surface area (Å²) in [6, 6.07) is 5.55. The van der Waals surface area contributed by atoms with E-state index in [-0.39, 0.29) is 12.0 Å². The Hall–Kier alpha value is -2.67. The van der Waals surface area contributed by atoms with Crippen LogP contribution in [-0.2, 0) is 18.3 Å². The van der Waals surface area contributed by atoms with Crippen LogP contribution < -0.4 is 5.32 Å². The Morgan fingerprint density at radius 3 is 3.12 bits per heavy atom. The van der Waals surface area contributed by atoms with Gasteiger partial charge in [-0.05, 0) is 38.0 Å². The van der Waals surface area contributed by atoms with Crippen LogP contribution in [0.5, 0.6) is 0 Å². The van der Waals surface area contributed by atoms with E-state index in [1.807, 2.05) is 47.6 Å². The lowest BCUT2D eigenvalue weighted by molar-refractivity contribution is 0.0940. The van der Waals surface area contributed by atoms with Crippen LogP contribution in [-0.4, -0.2) is 37.9 Å². The normalized spacial score (nSPS) is 17.3. The minimum absolute atomic E-state index is 0.165. The number of aromatic nitrogens is 4. The maximum atomic E-state index is 12.5. The third kappa shape index (κ3) is 3.15. The highest BCUT2D eigenvalue weighted by Gasteiger charge is 2.17. The van der Waals surface area contributed by atoms with Gasteiger partial charge in [0.2, 0.25) is 0 Å². The number of hydrogen-bond donors (Lipinski definition) is 1. The summed E-state index contributed by atoms with van der Waals surface area (Å²) in [7, 11) is 1.97. The molecule has 2 aromatic heterocycles. The summed E-state index contributed by atoms with van der Waals surface area (Å²) >= 11 is 0. The van der Waals surface area contributed by atoms with Gasteiger partial charge in [0, 0.05) is 25.4 Å². The van der Waals surface area contributed by atoms with Crippen LogP contribution in [0.15, 0.2) is 30.6 Å². The molecular weight excluding hydrogens is 318 g/mol. The van der Waals surface area contributed by atoms with Gasteiger partial charge in [-0.1, -0.05) is 0 Å². The van der Waals surface area contributed by atoms with Crippen molar-refractivity contribution >= 4 is 22.6 Å². The van der Waals surface area contributed by atoms with E-state index in [1.54, 1.807) is 6.20 Å². The maximum Gasteiger partial charge on any atom is 0.255 e. The first-order valence-electron chi connectivity index (χ1n) is 8.48. The van der Waals surface area contributed by atoms with Crippen molar-refractivity contribution in [1.29, 1.82) is 0 Å². The average molecular weight is 339 g/mol. The van der Waals surface area contributed by atoms with Crippen molar-refractivity contribution in [3.63, 3.8) is 0 Å². The number of fused-ring (bicyclic) bond motifs is 1. The van der Waals surface area contributed by atoms with Crippen molar-refractivity contribution in [2.24, 2.45) is 7.05 Å². The summed E-state index contributed by atoms with van der Waals surface area (Å²) in [5, 5.41) is 7.19. The summed E-state index contributed by atoms with van der Waals surface area (Å²) in [4.78, 5) is 17.0. The zero-order valence-electron chi connectivity index (χ0n) is 14.4. The van der Waals surface area contributed by atoms with Crippen LogP contribution in [0.4, 0.5) is 5.69 Å². The van der Waals surface area contributed by atoms with E-state index in [4.69, 9.17) is 4.74 Å². The monoisotopic (exact) mass is 339 g/mol. The molecule has 1 fully saturated rings. The molecule has 1 saturated heterocycles. The summed E-state index contributed by atoms with van der Waals surface area (Å²) in [5.41, 5.74) is 3.10. The molecule has 1 aromatic carbocycles. The molecule has 0 aliphatic carbocycles. The van der Waals surface area contributed by atoms with Gasteiger partial charge in [0.25, 0.3) is 5.91 Å². The lowest BCUT2D eigenvalue weighted by Gasteiger charge is -2.08. The predicted molar refractivity (Wildman–Crippen MR) is 94.6 cm³/mol. The first kappa shape index (κ1) is 15.8. The molecule has 1 N–H and O–H groups in total. The largest absolute Gasteiger partial charge is 0.376 e. The van der Waals surface area contributed by atoms with Crippen molar-refractivity contribution in [1.82, 2.24) is 19.3 Å². The average Bonchev–Trinajstić information content (AvgIpc) is 3.31. The highest BCUT2D eigenvalue weighted by molar-refractivity contribution is 6.05. The van der Waals surface area contributed by atoms with E-state index in [9.17, 15) is 4.79 Å². The van der Waals surface area contributed by atoms with E-state index in [0.29, 0.717) is 11.3 Å². The smallest absolute Gasteiger partial charge is 0.255 e. The fourth-order valence-electron chi connectivity index (χ4n) is 3.19. The Labute approximate surface area is 145 Å². The van der Waals surface area contributed by atoms with Crippen LogP contribution in [0.3, 0.4) is 0 Å². The number of imidazole rings is 1. The lowest BCUT2D eigenvalue weighted by atomic mass is 10.2. The quantitative estimate of drug-likeness (QED) is 0.792. The number of nitrogens with zero attached hydrogens (tertiary/aromatic N) is 4. The second-order valence-electron chi connectivity index (χ2n) is 6.46. The van der Waals surface area contributed by atoms with Crippen molar-refractivity contribution in [2.45, 2.75) is 32.4 Å². The SMILES string of the molecule is Cc1nc2cc(C(=O)Nc3cnn(C[C@@H]4CCCO4)c3)ccc2n1C. The van der Waals surface area contributed by atoms with Crippen molar-refractivity contribution in [3.05, 3.63) is 42.0 Å². The van der Waals surface area contributed by atoms with Crippen LogP contribution >= 0.6 is 0 Å². The third-order valence-corrected chi connectivity index (χ3v) is 4.67. The van der Waals surface area contributed by atoms with E-state index < -0.39 is 0 Å². The number of nitrogens with one attached hydrogen (secondary N) is 1. The summed E-state index contributed by atoms with van der Waals surface area (Å²) in [6.45, 7) is 3.49. The predicted octanol–water partition coefficient (Wildman–Crippen LogP) is 2.51. The number of aryl methyl sites for hydroxylation is 2. The zero-order valence-corrected chi connectivity index (χ0v) is 14.4. The van der Waals surface area contributed by atoms with E-state index in [0.717, 1.165) is 42.9 Å². The zero-order chi connectivity index (χ0) is 17.4. The minimum Gasteiger partial charge on any atom is -0.376 e. The minimum atomic E-state index is -0.165. The Balaban J connectivity index is 1.47. The lowest BCUT2D eigenvalue weighted by Crippen LogP contribution is -2.15. The molecule has 7 heteroatoms. The Morgan fingerprint density at radius 2 is 2.32 bits per heavy atom. The van der Waals surface area contributed by atoms with Crippen LogP contribution in [0.2, 0.25) is 0 Å². The molecule has 130 valence electrons. The number of hydrogen-bond acceptors (Lipinski definition) is 4. The number of anilines is 1. The highest BCUT2D eigenvalue weighted by Crippen LogP contribution is 2.18. The van der Waals surface area contributed by atoms with Gasteiger partial charge in [0.15, 0.2) is 0 Å².